The molecule has 0 aliphatic heterocycles. The molecule has 0 spiro atoms. The zero-order valence-corrected chi connectivity index (χ0v) is 12.3. The molecule has 0 radical (unpaired) electrons. The Kier molecular flexibility index (Phi) is 6.55. The lowest BCUT2D eigenvalue weighted by Gasteiger charge is -2.16. The van der Waals surface area contributed by atoms with E-state index in [9.17, 15) is 9.59 Å². The van der Waals surface area contributed by atoms with Gasteiger partial charge in [-0.25, -0.2) is 4.79 Å². The first kappa shape index (κ1) is 16.0. The van der Waals surface area contributed by atoms with Crippen LogP contribution in [0, 0.1) is 0 Å². The minimum absolute atomic E-state index is 0.107. The van der Waals surface area contributed by atoms with Gasteiger partial charge in [-0.05, 0) is 11.1 Å². The quantitative estimate of drug-likeness (QED) is 0.282. The second-order valence-electron chi connectivity index (χ2n) is 3.84. The molecule has 0 fully saturated rings. The Morgan fingerprint density at radius 2 is 2.10 bits per heavy atom. The molecule has 8 heteroatoms. The molecule has 0 aromatic heterocycles. The van der Waals surface area contributed by atoms with Crippen LogP contribution in [-0.2, 0) is 20.7 Å². The lowest BCUT2D eigenvalue weighted by atomic mass is 10.1. The van der Waals surface area contributed by atoms with Crippen molar-refractivity contribution in [2.75, 3.05) is 12.4 Å². The molecule has 20 heavy (non-hydrogen) atoms. The normalized spacial score (nSPS) is 11.1. The van der Waals surface area contributed by atoms with Gasteiger partial charge in [-0.3, -0.25) is 4.79 Å². The van der Waals surface area contributed by atoms with Gasteiger partial charge in [-0.15, -0.1) is 0 Å². The molecule has 1 atom stereocenters. The summed E-state index contributed by atoms with van der Waals surface area (Å²) in [6, 6.07) is 5.96. The number of hydrogen-bond acceptors (Lipinski definition) is 4. The first-order valence-electron chi connectivity index (χ1n) is 5.68. The summed E-state index contributed by atoms with van der Waals surface area (Å²) in [6.45, 7) is 0. The van der Waals surface area contributed by atoms with Gasteiger partial charge in [0, 0.05) is 17.0 Å². The lowest BCUT2D eigenvalue weighted by Crippen LogP contribution is -2.43. The summed E-state index contributed by atoms with van der Waals surface area (Å²) in [5.74, 6) is -0.815. The third-order valence-electron chi connectivity index (χ3n) is 2.48. The van der Waals surface area contributed by atoms with Crippen molar-refractivity contribution in [2.24, 2.45) is 5.11 Å². The van der Waals surface area contributed by atoms with E-state index in [0.717, 1.165) is 5.56 Å². The number of alkyl halides is 1. The summed E-state index contributed by atoms with van der Waals surface area (Å²) in [7, 11) is 1.26. The smallest absolute Gasteiger partial charge is 0.328 e. The molecule has 0 saturated carbocycles. The van der Waals surface area contributed by atoms with E-state index in [-0.39, 0.29) is 11.2 Å². The third-order valence-corrected chi connectivity index (χ3v) is 2.99. The summed E-state index contributed by atoms with van der Waals surface area (Å²) in [5, 5.41) is 6.12. The Bertz CT molecular complexity index is 526. The summed E-state index contributed by atoms with van der Waals surface area (Å²) in [5.41, 5.74) is 9.60. The number of nitrogens with zero attached hydrogens (tertiary/aromatic N) is 3. The predicted octanol–water partition coefficient (Wildman–Crippen LogP) is 2.22. The first-order chi connectivity index (χ1) is 9.60. The van der Waals surface area contributed by atoms with E-state index >= 15 is 0 Å². The van der Waals surface area contributed by atoms with Crippen molar-refractivity contribution in [3.05, 3.63) is 40.3 Å². The van der Waals surface area contributed by atoms with E-state index in [2.05, 4.69) is 36.0 Å². The van der Waals surface area contributed by atoms with E-state index in [1.807, 2.05) is 0 Å². The van der Waals surface area contributed by atoms with Gasteiger partial charge in [0.05, 0.1) is 12.4 Å². The number of hydrogen-bond donors (Lipinski definition) is 1. The summed E-state index contributed by atoms with van der Waals surface area (Å²) >= 11 is 3.02. The van der Waals surface area contributed by atoms with E-state index in [1.165, 1.54) is 7.11 Å². The van der Waals surface area contributed by atoms with Crippen LogP contribution in [0.5, 0.6) is 0 Å². The molecule has 7 nitrogen and oxygen atoms in total. The molecule has 0 bridgehead atoms. The van der Waals surface area contributed by atoms with Crippen molar-refractivity contribution in [1.82, 2.24) is 5.32 Å². The molecular formula is C12H13BrN4O3. The zero-order valence-electron chi connectivity index (χ0n) is 10.7. The lowest BCUT2D eigenvalue weighted by molar-refractivity contribution is -0.144. The number of amides is 1. The first-order valence-corrected chi connectivity index (χ1v) is 6.80. The molecule has 1 N–H and O–H groups in total. The zero-order chi connectivity index (χ0) is 15.0. The van der Waals surface area contributed by atoms with Crippen LogP contribution in [-0.4, -0.2) is 30.4 Å². The minimum Gasteiger partial charge on any atom is -0.467 e. The summed E-state index contributed by atoms with van der Waals surface area (Å²) < 4.78 is 4.66. The standard InChI is InChI=1S/C12H13BrN4O3/c1-20-12(19)10(15-11(18)7-13)6-8-2-4-9(5-3-8)16-17-14/h2-5,10H,6-7H2,1H3,(H,15,18)/t10-/m0/s1. The van der Waals surface area contributed by atoms with Crippen LogP contribution in [0.15, 0.2) is 29.4 Å². The summed E-state index contributed by atoms with van der Waals surface area (Å²) in [4.78, 5) is 25.6. The van der Waals surface area contributed by atoms with Crippen molar-refractivity contribution in [1.29, 1.82) is 0 Å². The maximum Gasteiger partial charge on any atom is 0.328 e. The number of nitrogens with one attached hydrogen (secondary N) is 1. The van der Waals surface area contributed by atoms with Crippen molar-refractivity contribution >= 4 is 33.5 Å². The Hall–Kier alpha value is -2.05. The Morgan fingerprint density at radius 3 is 2.60 bits per heavy atom. The molecule has 0 aliphatic rings. The van der Waals surface area contributed by atoms with Gasteiger partial charge in [0.25, 0.3) is 0 Å². The van der Waals surface area contributed by atoms with Gasteiger partial charge >= 0.3 is 5.97 Å². The number of halogens is 1. The van der Waals surface area contributed by atoms with Crippen LogP contribution in [0.4, 0.5) is 5.69 Å². The van der Waals surface area contributed by atoms with Crippen LogP contribution < -0.4 is 5.32 Å². The number of ether oxygens (including phenoxy) is 1. The number of azide groups is 1. The SMILES string of the molecule is COC(=O)[C@H](Cc1ccc(N=[N+]=[N-])cc1)NC(=O)CBr. The number of carbonyl (C=O) groups excluding carboxylic acids is 2. The molecule has 0 unspecified atom stereocenters. The van der Waals surface area contributed by atoms with Gasteiger partial charge in [-0.2, -0.15) is 0 Å². The maximum absolute atomic E-state index is 11.6. The van der Waals surface area contributed by atoms with Gasteiger partial charge in [0.15, 0.2) is 0 Å². The van der Waals surface area contributed by atoms with Crippen molar-refractivity contribution in [3.8, 4) is 0 Å². The molecule has 1 aromatic rings. The van der Waals surface area contributed by atoms with Gasteiger partial charge in [0.1, 0.15) is 6.04 Å². The monoisotopic (exact) mass is 340 g/mol. The van der Waals surface area contributed by atoms with Crippen LogP contribution in [0.3, 0.4) is 0 Å². The number of rotatable bonds is 6. The largest absolute Gasteiger partial charge is 0.467 e. The highest BCUT2D eigenvalue weighted by atomic mass is 79.9. The van der Waals surface area contributed by atoms with Gasteiger partial charge in [-0.1, -0.05) is 45.3 Å². The Labute approximate surface area is 124 Å². The van der Waals surface area contributed by atoms with Gasteiger partial charge < -0.3 is 10.1 Å². The molecule has 0 saturated heterocycles. The molecule has 1 amide bonds. The van der Waals surface area contributed by atoms with Crippen molar-refractivity contribution < 1.29 is 14.3 Å². The highest BCUT2D eigenvalue weighted by Gasteiger charge is 2.21. The molecule has 1 aromatic carbocycles. The van der Waals surface area contributed by atoms with Crippen molar-refractivity contribution in [3.63, 3.8) is 0 Å². The maximum atomic E-state index is 11.6. The third kappa shape index (κ3) is 4.91. The van der Waals surface area contributed by atoms with Crippen LogP contribution >= 0.6 is 15.9 Å². The van der Waals surface area contributed by atoms with Gasteiger partial charge in [0.2, 0.25) is 5.91 Å². The fourth-order valence-electron chi connectivity index (χ4n) is 1.55. The molecule has 1 rings (SSSR count). The highest BCUT2D eigenvalue weighted by molar-refractivity contribution is 9.09. The van der Waals surface area contributed by atoms with Crippen LogP contribution in [0.2, 0.25) is 0 Å². The number of methoxy groups -OCH3 is 1. The fraction of sp³-hybridized carbons (Fsp3) is 0.333. The second kappa shape index (κ2) is 8.19. The van der Waals surface area contributed by atoms with E-state index in [4.69, 9.17) is 5.53 Å². The topological polar surface area (TPSA) is 104 Å². The van der Waals surface area contributed by atoms with Crippen LogP contribution in [0.25, 0.3) is 10.4 Å². The Morgan fingerprint density at radius 1 is 1.45 bits per heavy atom. The molecular weight excluding hydrogens is 328 g/mol. The Balaban J connectivity index is 2.80. The highest BCUT2D eigenvalue weighted by Crippen LogP contribution is 2.14. The molecule has 0 aliphatic carbocycles. The van der Waals surface area contributed by atoms with Crippen LogP contribution in [0.1, 0.15) is 5.56 Å². The summed E-state index contributed by atoms with van der Waals surface area (Å²) in [6.07, 6.45) is 0.294. The number of esters is 1. The van der Waals surface area contributed by atoms with E-state index < -0.39 is 12.0 Å². The molecule has 106 valence electrons. The van der Waals surface area contributed by atoms with E-state index in [1.54, 1.807) is 24.3 Å². The second-order valence-corrected chi connectivity index (χ2v) is 4.40. The fourth-order valence-corrected chi connectivity index (χ4v) is 1.72. The minimum atomic E-state index is -0.754. The number of benzene rings is 1. The average molecular weight is 341 g/mol. The molecule has 0 heterocycles. The predicted molar refractivity (Wildman–Crippen MR) is 76.7 cm³/mol. The number of carbonyl (C=O) groups is 2. The van der Waals surface area contributed by atoms with Crippen molar-refractivity contribution in [2.45, 2.75) is 12.5 Å². The average Bonchev–Trinajstić information content (AvgIpc) is 2.47. The van der Waals surface area contributed by atoms with E-state index in [0.29, 0.717) is 12.1 Å².